The van der Waals surface area contributed by atoms with Crippen LogP contribution >= 0.6 is 11.6 Å². The van der Waals surface area contributed by atoms with Crippen LogP contribution in [0.15, 0.2) is 54.7 Å². The molecule has 2 atom stereocenters. The number of imide groups is 1. The van der Waals surface area contributed by atoms with Gasteiger partial charge in [0.2, 0.25) is 17.7 Å². The van der Waals surface area contributed by atoms with Gasteiger partial charge in [-0.1, -0.05) is 17.7 Å². The van der Waals surface area contributed by atoms with E-state index in [4.69, 9.17) is 16.9 Å². The molecule has 0 saturated carbocycles. The molecule has 308 valence electrons. The molecular weight excluding hydrogens is 770 g/mol. The minimum absolute atomic E-state index is 0.00160. The number of anilines is 4. The summed E-state index contributed by atoms with van der Waals surface area (Å²) >= 11 is 6.24. The lowest BCUT2D eigenvalue weighted by Crippen LogP contribution is -2.60. The van der Waals surface area contributed by atoms with Crippen molar-refractivity contribution < 1.29 is 24.3 Å². The summed E-state index contributed by atoms with van der Waals surface area (Å²) in [5, 5.41) is 25.9. The average Bonchev–Trinajstić information content (AvgIpc) is 3.48. The molecule has 2 aromatic carbocycles. The van der Waals surface area contributed by atoms with E-state index in [0.717, 1.165) is 114 Å². The summed E-state index contributed by atoms with van der Waals surface area (Å²) in [4.78, 5) is 66.0. The Morgan fingerprint density at radius 3 is 2.24 bits per heavy atom. The standard InChI is InChI=1S/C44H50ClN9O5/c45-36-22-32(2-1-30(36)23-46)51-17-11-29(12-18-51)40(56)48-38-7-4-33(24-47-38)52-15-9-28(10-16-52)25-50-19-13-44(14-20-50)26-53(27-44)31-3-5-34-35(21-31)43(59)54(42(34)58)37-6-8-39(55)49-41(37)57/h1-5,7,21-22,24,28-29,37,42,58H,6,8-20,25-27H2,(H,47,48,56)(H,49,55,57). The molecule has 0 radical (unpaired) electrons. The number of nitrogens with one attached hydrogen (secondary N) is 2. The molecule has 2 unspecified atom stereocenters. The number of aromatic nitrogens is 1. The number of rotatable bonds is 8. The van der Waals surface area contributed by atoms with Crippen molar-refractivity contribution in [2.45, 2.75) is 63.6 Å². The molecule has 3 N–H and O–H groups in total. The van der Waals surface area contributed by atoms with Gasteiger partial charge in [-0.2, -0.15) is 5.26 Å². The Bertz CT molecular complexity index is 2160. The third-order valence-corrected chi connectivity index (χ3v) is 14.0. The summed E-state index contributed by atoms with van der Waals surface area (Å²) in [7, 11) is 0. The molecule has 9 rings (SSSR count). The van der Waals surface area contributed by atoms with Crippen molar-refractivity contribution in [3.8, 4) is 6.07 Å². The molecule has 3 aromatic rings. The molecule has 0 aliphatic carbocycles. The number of benzene rings is 2. The Morgan fingerprint density at radius 2 is 1.56 bits per heavy atom. The number of amides is 4. The fraction of sp³-hybridized carbons (Fsp3) is 0.500. The summed E-state index contributed by atoms with van der Waals surface area (Å²) in [6.07, 6.45) is 7.05. The maximum atomic E-state index is 13.4. The van der Waals surface area contributed by atoms with Gasteiger partial charge in [0.25, 0.3) is 5.91 Å². The lowest BCUT2D eigenvalue weighted by molar-refractivity contribution is -0.139. The van der Waals surface area contributed by atoms with Gasteiger partial charge >= 0.3 is 0 Å². The van der Waals surface area contributed by atoms with Crippen molar-refractivity contribution in [1.29, 1.82) is 5.26 Å². The lowest BCUT2D eigenvalue weighted by atomic mass is 9.71. The molecule has 5 fully saturated rings. The number of pyridine rings is 1. The average molecular weight is 820 g/mol. The predicted molar refractivity (Wildman–Crippen MR) is 223 cm³/mol. The summed E-state index contributed by atoms with van der Waals surface area (Å²) in [5.41, 5.74) is 4.69. The van der Waals surface area contributed by atoms with Crippen molar-refractivity contribution in [1.82, 2.24) is 20.1 Å². The molecule has 14 nitrogen and oxygen atoms in total. The van der Waals surface area contributed by atoms with Crippen LogP contribution < -0.4 is 25.3 Å². The fourth-order valence-corrected chi connectivity index (χ4v) is 10.3. The highest BCUT2D eigenvalue weighted by molar-refractivity contribution is 6.32. The summed E-state index contributed by atoms with van der Waals surface area (Å²) in [5.74, 6) is -0.112. The minimum atomic E-state index is -1.20. The maximum absolute atomic E-state index is 13.4. The van der Waals surface area contributed by atoms with Gasteiger partial charge < -0.3 is 30.0 Å². The van der Waals surface area contributed by atoms with E-state index in [1.54, 1.807) is 12.1 Å². The molecule has 0 bridgehead atoms. The summed E-state index contributed by atoms with van der Waals surface area (Å²) in [6, 6.07) is 16.3. The topological polar surface area (TPSA) is 165 Å². The highest BCUT2D eigenvalue weighted by Crippen LogP contribution is 2.45. The van der Waals surface area contributed by atoms with Crippen LogP contribution in [0.5, 0.6) is 0 Å². The quantitative estimate of drug-likeness (QED) is 0.274. The number of likely N-dealkylation sites (tertiary alicyclic amines) is 1. The smallest absolute Gasteiger partial charge is 0.257 e. The highest BCUT2D eigenvalue weighted by Gasteiger charge is 2.47. The normalized spacial score (nSPS) is 23.8. The molecule has 6 aliphatic rings. The molecule has 5 saturated heterocycles. The van der Waals surface area contributed by atoms with E-state index in [-0.39, 0.29) is 41.9 Å². The second-order valence-electron chi connectivity index (χ2n) is 17.3. The number of piperidine rings is 4. The van der Waals surface area contributed by atoms with Crippen LogP contribution in [0.3, 0.4) is 0 Å². The van der Waals surface area contributed by atoms with Crippen LogP contribution in [0.4, 0.5) is 22.9 Å². The van der Waals surface area contributed by atoms with Gasteiger partial charge in [-0.3, -0.25) is 29.4 Å². The van der Waals surface area contributed by atoms with Crippen LogP contribution in [-0.2, 0) is 14.4 Å². The number of halogens is 1. The number of fused-ring (bicyclic) bond motifs is 1. The van der Waals surface area contributed by atoms with Crippen molar-refractivity contribution in [2.24, 2.45) is 17.3 Å². The first kappa shape index (κ1) is 39.2. The zero-order chi connectivity index (χ0) is 40.8. The van der Waals surface area contributed by atoms with E-state index in [1.807, 2.05) is 36.5 Å². The first-order valence-electron chi connectivity index (χ1n) is 21.0. The van der Waals surface area contributed by atoms with Crippen LogP contribution in [-0.4, -0.2) is 108 Å². The molecular formula is C44H50ClN9O5. The van der Waals surface area contributed by atoms with Gasteiger partial charge in [-0.25, -0.2) is 4.98 Å². The van der Waals surface area contributed by atoms with Crippen LogP contribution in [0.25, 0.3) is 0 Å². The number of hydrogen-bond acceptors (Lipinski definition) is 11. The molecule has 1 spiro atoms. The fourth-order valence-electron chi connectivity index (χ4n) is 10.1. The van der Waals surface area contributed by atoms with E-state index >= 15 is 0 Å². The van der Waals surface area contributed by atoms with Gasteiger partial charge in [0.15, 0.2) is 6.23 Å². The van der Waals surface area contributed by atoms with Crippen LogP contribution in [0.2, 0.25) is 5.02 Å². The van der Waals surface area contributed by atoms with Gasteiger partial charge in [0.05, 0.1) is 22.5 Å². The predicted octanol–water partition coefficient (Wildman–Crippen LogP) is 4.53. The Balaban J connectivity index is 0.690. The molecule has 6 aliphatic heterocycles. The molecule has 15 heteroatoms. The van der Waals surface area contributed by atoms with Crippen molar-refractivity contribution in [3.63, 3.8) is 0 Å². The van der Waals surface area contributed by atoms with E-state index in [9.17, 15) is 24.3 Å². The molecule has 4 amide bonds. The number of hydrogen-bond donors (Lipinski definition) is 3. The second kappa shape index (κ2) is 16.1. The Morgan fingerprint density at radius 1 is 0.881 bits per heavy atom. The lowest BCUT2D eigenvalue weighted by Gasteiger charge is -2.55. The number of aliphatic hydroxyl groups is 1. The van der Waals surface area contributed by atoms with Gasteiger partial charge in [-0.05, 0) is 106 Å². The SMILES string of the molecule is N#Cc1ccc(N2CCC(C(=O)Nc3ccc(N4CCC(CN5CCC6(CC5)CN(c5ccc7c(c5)C(=O)N(C5CCC(=O)NC5=O)C7O)C6)CC4)cn3)CC2)cc1Cl. The minimum Gasteiger partial charge on any atom is -0.371 e. The van der Waals surface area contributed by atoms with Crippen molar-refractivity contribution >= 4 is 58.1 Å². The maximum Gasteiger partial charge on any atom is 0.257 e. The number of carbonyl (C=O) groups is 4. The zero-order valence-electron chi connectivity index (χ0n) is 33.1. The summed E-state index contributed by atoms with van der Waals surface area (Å²) < 4.78 is 0. The van der Waals surface area contributed by atoms with E-state index < -0.39 is 18.2 Å². The summed E-state index contributed by atoms with van der Waals surface area (Å²) in [6.45, 7) is 8.64. The van der Waals surface area contributed by atoms with E-state index in [0.29, 0.717) is 33.4 Å². The highest BCUT2D eigenvalue weighted by atomic mass is 35.5. The van der Waals surface area contributed by atoms with E-state index in [1.165, 1.54) is 4.90 Å². The first-order chi connectivity index (χ1) is 28.6. The largest absolute Gasteiger partial charge is 0.371 e. The van der Waals surface area contributed by atoms with Gasteiger partial charge in [-0.15, -0.1) is 0 Å². The first-order valence-corrected chi connectivity index (χ1v) is 21.4. The van der Waals surface area contributed by atoms with Crippen molar-refractivity contribution in [2.75, 3.05) is 78.9 Å². The van der Waals surface area contributed by atoms with Crippen LogP contribution in [0, 0.1) is 28.6 Å². The third kappa shape index (κ3) is 7.83. The van der Waals surface area contributed by atoms with Gasteiger partial charge in [0, 0.05) is 86.1 Å². The Labute approximate surface area is 349 Å². The number of aliphatic hydroxyl groups excluding tert-OH is 1. The zero-order valence-corrected chi connectivity index (χ0v) is 33.9. The monoisotopic (exact) mass is 819 g/mol. The Kier molecular flexibility index (Phi) is 10.7. The van der Waals surface area contributed by atoms with Crippen molar-refractivity contribution in [3.05, 3.63) is 76.4 Å². The molecule has 7 heterocycles. The number of nitrogens with zero attached hydrogens (tertiary/aromatic N) is 7. The molecule has 59 heavy (non-hydrogen) atoms. The molecule has 1 aromatic heterocycles. The van der Waals surface area contributed by atoms with Crippen LogP contribution in [0.1, 0.15) is 79.1 Å². The van der Waals surface area contributed by atoms with Gasteiger partial charge in [0.1, 0.15) is 17.9 Å². The Hall–Kier alpha value is -5.23. The van der Waals surface area contributed by atoms with E-state index in [2.05, 4.69) is 47.4 Å². The third-order valence-electron chi connectivity index (χ3n) is 13.7. The number of carbonyl (C=O) groups excluding carboxylic acids is 4. The second-order valence-corrected chi connectivity index (χ2v) is 17.7. The number of nitriles is 1.